The van der Waals surface area contributed by atoms with E-state index in [0.717, 1.165) is 25.7 Å². The topological polar surface area (TPSA) is 122 Å². The Hall–Kier alpha value is -0.770. The maximum atomic E-state index is 12.2. The Balaban J connectivity index is 1.64. The quantitative estimate of drug-likeness (QED) is 0.312. The van der Waals surface area contributed by atoms with Crippen LogP contribution < -0.4 is 5.32 Å². The van der Waals surface area contributed by atoms with Crippen LogP contribution in [0.4, 0.5) is 0 Å². The Morgan fingerprint density at radius 1 is 1.17 bits per heavy atom. The first-order chi connectivity index (χ1) is 14.2. The number of carbonyl (C=O) groups excluding carboxylic acids is 1. The van der Waals surface area contributed by atoms with Crippen LogP contribution in [-0.4, -0.2) is 94.5 Å². The van der Waals surface area contributed by atoms with Gasteiger partial charge >= 0.3 is 0 Å². The van der Waals surface area contributed by atoms with Crippen molar-refractivity contribution < 1.29 is 30.0 Å². The summed E-state index contributed by atoms with van der Waals surface area (Å²) < 4.78 is 5.98. The predicted molar refractivity (Wildman–Crippen MR) is 114 cm³/mol. The molecule has 0 spiro atoms. The molecule has 0 unspecified atom stereocenters. The van der Waals surface area contributed by atoms with Gasteiger partial charge in [-0.15, -0.1) is 0 Å². The van der Waals surface area contributed by atoms with Gasteiger partial charge in [0.05, 0.1) is 24.9 Å². The van der Waals surface area contributed by atoms with Crippen LogP contribution in [0.1, 0.15) is 52.9 Å². The summed E-state index contributed by atoms with van der Waals surface area (Å²) >= 11 is 0. The first-order valence-corrected chi connectivity index (χ1v) is 11.5. The third kappa shape index (κ3) is 7.14. The number of unbranched alkanes of at least 4 members (excludes halogenated alkanes) is 1. The molecule has 1 saturated carbocycles. The molecule has 0 aromatic carbocycles. The molecule has 30 heavy (non-hydrogen) atoms. The predicted octanol–water partition coefficient (Wildman–Crippen LogP) is 0.119. The smallest absolute Gasteiger partial charge is 0.246 e. The number of piperidine rings is 1. The van der Waals surface area contributed by atoms with Gasteiger partial charge in [-0.2, -0.15) is 0 Å². The normalized spacial score (nSPS) is 35.5. The van der Waals surface area contributed by atoms with Crippen molar-refractivity contribution in [2.75, 3.05) is 32.8 Å². The monoisotopic (exact) mass is 430 g/mol. The summed E-state index contributed by atoms with van der Waals surface area (Å²) in [4.78, 5) is 14.0. The molecular formula is C22H42N2O6. The van der Waals surface area contributed by atoms with Crippen molar-refractivity contribution in [2.45, 2.75) is 83.3 Å². The van der Waals surface area contributed by atoms with Gasteiger partial charge in [0.1, 0.15) is 18.8 Å². The lowest BCUT2D eigenvalue weighted by Gasteiger charge is -2.43. The molecule has 1 aliphatic carbocycles. The van der Waals surface area contributed by atoms with Crippen LogP contribution in [0.5, 0.6) is 0 Å². The lowest BCUT2D eigenvalue weighted by atomic mass is 9.75. The van der Waals surface area contributed by atoms with Gasteiger partial charge in [-0.05, 0) is 50.0 Å². The highest BCUT2D eigenvalue weighted by atomic mass is 16.5. The van der Waals surface area contributed by atoms with Crippen LogP contribution in [0.15, 0.2) is 0 Å². The highest BCUT2D eigenvalue weighted by molar-refractivity contribution is 5.77. The van der Waals surface area contributed by atoms with Crippen molar-refractivity contribution in [1.29, 1.82) is 0 Å². The molecule has 1 aliphatic heterocycles. The minimum atomic E-state index is -1.24. The molecule has 2 fully saturated rings. The third-order valence-corrected chi connectivity index (χ3v) is 6.80. The largest absolute Gasteiger partial charge is 0.395 e. The fourth-order valence-corrected chi connectivity index (χ4v) is 4.84. The number of β-amino-alcohol motifs (C(OH)–C–C–N with tert-alkyl or cyclic N) is 1. The van der Waals surface area contributed by atoms with Gasteiger partial charge in [-0.3, -0.25) is 9.69 Å². The third-order valence-electron chi connectivity index (χ3n) is 6.80. The molecule has 176 valence electrons. The molecule has 8 nitrogen and oxygen atoms in total. The van der Waals surface area contributed by atoms with E-state index in [4.69, 9.17) is 4.74 Å². The Bertz CT molecular complexity index is 520. The molecule has 1 heterocycles. The zero-order valence-corrected chi connectivity index (χ0v) is 18.7. The van der Waals surface area contributed by atoms with Crippen LogP contribution >= 0.6 is 0 Å². The average molecular weight is 431 g/mol. The summed E-state index contributed by atoms with van der Waals surface area (Å²) in [6.07, 6.45) is 1.61. The molecule has 2 rings (SSSR count). The van der Waals surface area contributed by atoms with Gasteiger partial charge in [0, 0.05) is 13.1 Å². The summed E-state index contributed by atoms with van der Waals surface area (Å²) in [5.41, 5.74) is 0. The Morgan fingerprint density at radius 3 is 2.57 bits per heavy atom. The number of nitrogens with one attached hydrogen (secondary N) is 1. The van der Waals surface area contributed by atoms with E-state index in [1.165, 1.54) is 6.42 Å². The fraction of sp³-hybridized carbons (Fsp3) is 0.955. The van der Waals surface area contributed by atoms with Crippen molar-refractivity contribution in [2.24, 2.45) is 17.8 Å². The Labute approximate surface area is 180 Å². The summed E-state index contributed by atoms with van der Waals surface area (Å²) in [5, 5.41) is 42.0. The van der Waals surface area contributed by atoms with Crippen molar-refractivity contribution in [3.05, 3.63) is 0 Å². The summed E-state index contributed by atoms with van der Waals surface area (Å²) in [6.45, 7) is 7.80. The highest BCUT2D eigenvalue weighted by Gasteiger charge is 2.40. The lowest BCUT2D eigenvalue weighted by molar-refractivity contribution is -0.145. The van der Waals surface area contributed by atoms with Gasteiger partial charge in [0.25, 0.3) is 0 Å². The molecular weight excluding hydrogens is 388 g/mol. The number of hydrogen-bond acceptors (Lipinski definition) is 7. The van der Waals surface area contributed by atoms with Crippen molar-refractivity contribution in [3.8, 4) is 0 Å². The summed E-state index contributed by atoms with van der Waals surface area (Å²) in [6, 6.07) is -0.585. The number of rotatable bonds is 10. The Kier molecular flexibility index (Phi) is 10.5. The van der Waals surface area contributed by atoms with E-state index in [1.54, 1.807) is 4.90 Å². The molecule has 8 heteroatoms. The standard InChI is InChI=1S/C22H42N2O6/c1-14(2)16-7-6-15(3)10-19(16)30-13-20(27)23-8-4-5-9-24-11-18(26)22(29)21(28)17(24)12-25/h14-19,21-22,25-26,28-29H,4-13H2,1-3H3,(H,23,27)/t15-,16+,17+,18-,19-,21+,22+/m0/s1. The first kappa shape index (κ1) is 25.5. The minimum absolute atomic E-state index is 0.0928. The molecule has 0 aromatic rings. The molecule has 1 amide bonds. The zero-order chi connectivity index (χ0) is 22.3. The van der Waals surface area contributed by atoms with Crippen molar-refractivity contribution in [1.82, 2.24) is 10.2 Å². The van der Waals surface area contributed by atoms with Crippen LogP contribution in [0.3, 0.4) is 0 Å². The Morgan fingerprint density at radius 2 is 1.90 bits per heavy atom. The minimum Gasteiger partial charge on any atom is -0.395 e. The SMILES string of the molecule is CC(C)[C@H]1CC[C@H](C)C[C@@H]1OCC(=O)NCCCCN1C[C@H](O)[C@@H](O)[C@H](O)[C@H]1CO. The van der Waals surface area contributed by atoms with Gasteiger partial charge in [-0.1, -0.05) is 27.2 Å². The number of ether oxygens (including phenoxy) is 1. The van der Waals surface area contributed by atoms with E-state index in [1.807, 2.05) is 0 Å². The second-order valence-electron chi connectivity index (χ2n) is 9.53. The highest BCUT2D eigenvalue weighted by Crippen LogP contribution is 2.35. The molecule has 0 aromatic heterocycles. The van der Waals surface area contributed by atoms with E-state index >= 15 is 0 Å². The second kappa shape index (κ2) is 12.3. The van der Waals surface area contributed by atoms with Crippen molar-refractivity contribution in [3.63, 3.8) is 0 Å². The molecule has 0 bridgehead atoms. The molecule has 5 N–H and O–H groups in total. The van der Waals surface area contributed by atoms with Crippen molar-refractivity contribution >= 4 is 5.91 Å². The van der Waals surface area contributed by atoms with Crippen LogP contribution in [0.25, 0.3) is 0 Å². The number of nitrogens with zero attached hydrogens (tertiary/aromatic N) is 1. The average Bonchev–Trinajstić information content (AvgIpc) is 2.70. The molecule has 7 atom stereocenters. The van der Waals surface area contributed by atoms with E-state index in [2.05, 4.69) is 26.1 Å². The van der Waals surface area contributed by atoms with Gasteiger partial charge in [0.15, 0.2) is 0 Å². The molecule has 1 saturated heterocycles. The maximum absolute atomic E-state index is 12.2. The fourth-order valence-electron chi connectivity index (χ4n) is 4.84. The van der Waals surface area contributed by atoms with Gasteiger partial charge in [0.2, 0.25) is 5.91 Å². The number of amides is 1. The molecule has 0 radical (unpaired) electrons. The number of carbonyl (C=O) groups is 1. The van der Waals surface area contributed by atoms with E-state index < -0.39 is 24.4 Å². The van der Waals surface area contributed by atoms with Crippen LogP contribution in [-0.2, 0) is 9.53 Å². The number of hydrogen-bond donors (Lipinski definition) is 5. The van der Waals surface area contributed by atoms with E-state index in [0.29, 0.717) is 30.8 Å². The molecule has 2 aliphatic rings. The summed E-state index contributed by atoms with van der Waals surface area (Å²) in [7, 11) is 0. The van der Waals surface area contributed by atoms with Gasteiger partial charge < -0.3 is 30.5 Å². The first-order valence-electron chi connectivity index (χ1n) is 11.5. The van der Waals surface area contributed by atoms with E-state index in [-0.39, 0.29) is 31.8 Å². The van der Waals surface area contributed by atoms with Gasteiger partial charge in [-0.25, -0.2) is 0 Å². The van der Waals surface area contributed by atoms with Crippen LogP contribution in [0, 0.1) is 17.8 Å². The maximum Gasteiger partial charge on any atom is 0.246 e. The number of likely N-dealkylation sites (tertiary alicyclic amines) is 1. The van der Waals surface area contributed by atoms with Crippen LogP contribution in [0.2, 0.25) is 0 Å². The number of aliphatic hydroxyl groups excluding tert-OH is 4. The lowest BCUT2D eigenvalue weighted by Crippen LogP contribution is -2.62. The number of aliphatic hydroxyl groups is 4. The second-order valence-corrected chi connectivity index (χ2v) is 9.53. The van der Waals surface area contributed by atoms with E-state index in [9.17, 15) is 25.2 Å². The summed E-state index contributed by atoms with van der Waals surface area (Å²) in [5.74, 6) is 1.61. The zero-order valence-electron chi connectivity index (χ0n) is 18.7.